The average molecular weight is 375 g/mol. The van der Waals surface area contributed by atoms with Gasteiger partial charge in [-0.1, -0.05) is 23.7 Å². The number of carbonyl (C=O) groups is 1. The van der Waals surface area contributed by atoms with Gasteiger partial charge in [-0.05, 0) is 48.2 Å². The fraction of sp³-hybridized carbons (Fsp3) is 0.211. The number of benzene rings is 1. The molecule has 0 aliphatic carbocycles. The molecule has 3 rings (SSSR count). The molecule has 1 amide bonds. The molecule has 0 unspecified atom stereocenters. The molecular weight excluding hydrogens is 356 g/mol. The van der Waals surface area contributed by atoms with Crippen LogP contribution in [0.25, 0.3) is 0 Å². The summed E-state index contributed by atoms with van der Waals surface area (Å²) in [5.74, 6) is 0.761. The first-order chi connectivity index (χ1) is 12.1. The second-order valence-corrected chi connectivity index (χ2v) is 7.28. The van der Waals surface area contributed by atoms with E-state index < -0.39 is 0 Å². The van der Waals surface area contributed by atoms with Crippen LogP contribution in [0.3, 0.4) is 0 Å². The summed E-state index contributed by atoms with van der Waals surface area (Å²) < 4.78 is 5.43. The molecule has 3 aromatic rings. The summed E-state index contributed by atoms with van der Waals surface area (Å²) in [7, 11) is 0. The van der Waals surface area contributed by atoms with Gasteiger partial charge in [-0.15, -0.1) is 11.3 Å². The summed E-state index contributed by atoms with van der Waals surface area (Å²) in [6.45, 7) is 3.48. The number of furan rings is 1. The lowest BCUT2D eigenvalue weighted by Crippen LogP contribution is -2.32. The van der Waals surface area contributed by atoms with E-state index in [-0.39, 0.29) is 12.5 Å². The molecule has 2 aromatic heterocycles. The Morgan fingerprint density at radius 3 is 2.84 bits per heavy atom. The molecule has 1 aromatic carbocycles. The predicted molar refractivity (Wildman–Crippen MR) is 102 cm³/mol. The van der Waals surface area contributed by atoms with Crippen LogP contribution in [0.15, 0.2) is 58.5 Å². The van der Waals surface area contributed by atoms with E-state index in [0.717, 1.165) is 17.0 Å². The van der Waals surface area contributed by atoms with Crippen molar-refractivity contribution in [1.82, 2.24) is 4.90 Å². The number of hydrogen-bond donors (Lipinski definition) is 1. The van der Waals surface area contributed by atoms with Crippen molar-refractivity contribution >= 4 is 34.5 Å². The maximum Gasteiger partial charge on any atom is 0.238 e. The maximum absolute atomic E-state index is 12.5. The highest BCUT2D eigenvalue weighted by Gasteiger charge is 2.15. The quantitative estimate of drug-likeness (QED) is 0.636. The van der Waals surface area contributed by atoms with Crippen molar-refractivity contribution in [3.8, 4) is 0 Å². The van der Waals surface area contributed by atoms with Crippen molar-refractivity contribution in [2.45, 2.75) is 20.0 Å². The Kier molecular flexibility index (Phi) is 5.91. The van der Waals surface area contributed by atoms with Crippen LogP contribution >= 0.6 is 22.9 Å². The zero-order valence-corrected chi connectivity index (χ0v) is 15.4. The van der Waals surface area contributed by atoms with E-state index in [4.69, 9.17) is 16.0 Å². The Bertz CT molecular complexity index is 780. The van der Waals surface area contributed by atoms with E-state index in [1.165, 1.54) is 4.88 Å². The number of carbonyl (C=O) groups excluding carboxylic acids is 1. The molecule has 1 N–H and O–H groups in total. The number of nitrogens with zero attached hydrogens (tertiary/aromatic N) is 1. The molecule has 0 aliphatic rings. The molecule has 130 valence electrons. The van der Waals surface area contributed by atoms with Gasteiger partial charge in [0, 0.05) is 22.1 Å². The lowest BCUT2D eigenvalue weighted by Gasteiger charge is -2.20. The van der Waals surface area contributed by atoms with Gasteiger partial charge in [0.1, 0.15) is 5.76 Å². The number of rotatable bonds is 7. The summed E-state index contributed by atoms with van der Waals surface area (Å²) >= 11 is 7.70. The Hall–Kier alpha value is -2.08. The van der Waals surface area contributed by atoms with Gasteiger partial charge in [0.25, 0.3) is 0 Å². The topological polar surface area (TPSA) is 45.5 Å². The fourth-order valence-electron chi connectivity index (χ4n) is 2.54. The van der Waals surface area contributed by atoms with Crippen LogP contribution in [0.1, 0.15) is 16.2 Å². The van der Waals surface area contributed by atoms with E-state index in [2.05, 4.69) is 16.3 Å². The van der Waals surface area contributed by atoms with Crippen molar-refractivity contribution in [3.63, 3.8) is 0 Å². The van der Waals surface area contributed by atoms with Crippen LogP contribution < -0.4 is 5.32 Å². The van der Waals surface area contributed by atoms with E-state index >= 15 is 0 Å². The van der Waals surface area contributed by atoms with Gasteiger partial charge >= 0.3 is 0 Å². The van der Waals surface area contributed by atoms with Gasteiger partial charge in [-0.2, -0.15) is 0 Å². The zero-order valence-electron chi connectivity index (χ0n) is 13.9. The lowest BCUT2D eigenvalue weighted by atomic mass is 10.2. The molecule has 25 heavy (non-hydrogen) atoms. The highest BCUT2D eigenvalue weighted by Crippen LogP contribution is 2.20. The molecule has 0 aliphatic heterocycles. The van der Waals surface area contributed by atoms with Crippen LogP contribution in [0.2, 0.25) is 5.02 Å². The number of nitrogens with one attached hydrogen (secondary N) is 1. The van der Waals surface area contributed by atoms with E-state index in [0.29, 0.717) is 18.1 Å². The summed E-state index contributed by atoms with van der Waals surface area (Å²) in [5, 5.41) is 5.59. The highest BCUT2D eigenvalue weighted by atomic mass is 35.5. The Morgan fingerprint density at radius 2 is 2.12 bits per heavy atom. The molecule has 2 heterocycles. The van der Waals surface area contributed by atoms with Crippen LogP contribution in [-0.4, -0.2) is 17.4 Å². The summed E-state index contributed by atoms with van der Waals surface area (Å²) in [4.78, 5) is 15.8. The van der Waals surface area contributed by atoms with Crippen LogP contribution in [-0.2, 0) is 17.9 Å². The molecule has 0 saturated carbocycles. The second-order valence-electron chi connectivity index (χ2n) is 5.81. The minimum absolute atomic E-state index is 0.0755. The number of aryl methyl sites for hydroxylation is 1. The van der Waals surface area contributed by atoms with Gasteiger partial charge in [0.05, 0.1) is 19.4 Å². The van der Waals surface area contributed by atoms with Gasteiger partial charge < -0.3 is 9.73 Å². The number of amides is 1. The summed E-state index contributed by atoms with van der Waals surface area (Å²) in [5.41, 5.74) is 1.72. The van der Waals surface area contributed by atoms with Crippen molar-refractivity contribution in [1.29, 1.82) is 0 Å². The third-order valence-corrected chi connectivity index (χ3v) is 4.86. The van der Waals surface area contributed by atoms with E-state index in [1.807, 2.05) is 42.6 Å². The SMILES string of the molecule is Cc1ccc(Cl)cc1NC(=O)CN(Cc1ccco1)Cc1cccs1. The fourth-order valence-corrected chi connectivity index (χ4v) is 3.45. The second kappa shape index (κ2) is 8.34. The Balaban J connectivity index is 1.67. The van der Waals surface area contributed by atoms with Crippen LogP contribution in [0.5, 0.6) is 0 Å². The largest absolute Gasteiger partial charge is 0.468 e. The van der Waals surface area contributed by atoms with Crippen molar-refractivity contribution < 1.29 is 9.21 Å². The minimum Gasteiger partial charge on any atom is -0.468 e. The third kappa shape index (κ3) is 5.19. The molecule has 0 radical (unpaired) electrons. The average Bonchev–Trinajstić information content (AvgIpc) is 3.25. The van der Waals surface area contributed by atoms with Crippen molar-refractivity contribution in [3.05, 3.63) is 75.3 Å². The third-order valence-electron chi connectivity index (χ3n) is 3.76. The van der Waals surface area contributed by atoms with E-state index in [9.17, 15) is 4.79 Å². The minimum atomic E-state index is -0.0755. The van der Waals surface area contributed by atoms with Crippen LogP contribution in [0.4, 0.5) is 5.69 Å². The van der Waals surface area contributed by atoms with Gasteiger partial charge in [-0.3, -0.25) is 9.69 Å². The molecule has 0 fully saturated rings. The highest BCUT2D eigenvalue weighted by molar-refractivity contribution is 7.09. The maximum atomic E-state index is 12.5. The van der Waals surface area contributed by atoms with Gasteiger partial charge in [-0.25, -0.2) is 0 Å². The first-order valence-corrected chi connectivity index (χ1v) is 9.19. The predicted octanol–water partition coefficient (Wildman–Crippen LogP) is 4.94. The number of hydrogen-bond acceptors (Lipinski definition) is 4. The lowest BCUT2D eigenvalue weighted by molar-refractivity contribution is -0.117. The smallest absolute Gasteiger partial charge is 0.238 e. The Morgan fingerprint density at radius 1 is 1.24 bits per heavy atom. The number of halogens is 1. The number of anilines is 1. The van der Waals surface area contributed by atoms with Gasteiger partial charge in [0.15, 0.2) is 0 Å². The van der Waals surface area contributed by atoms with Gasteiger partial charge in [0.2, 0.25) is 5.91 Å². The van der Waals surface area contributed by atoms with E-state index in [1.54, 1.807) is 23.7 Å². The van der Waals surface area contributed by atoms with Crippen molar-refractivity contribution in [2.75, 3.05) is 11.9 Å². The Labute approximate surface area is 156 Å². The molecular formula is C19H19ClN2O2S. The molecule has 0 atom stereocenters. The summed E-state index contributed by atoms with van der Waals surface area (Å²) in [6.07, 6.45) is 1.65. The first-order valence-electron chi connectivity index (χ1n) is 7.93. The van der Waals surface area contributed by atoms with Crippen molar-refractivity contribution in [2.24, 2.45) is 0 Å². The molecule has 0 spiro atoms. The summed E-state index contributed by atoms with van der Waals surface area (Å²) in [6, 6.07) is 13.3. The monoisotopic (exact) mass is 374 g/mol. The molecule has 0 bridgehead atoms. The van der Waals surface area contributed by atoms with Crippen LogP contribution in [0, 0.1) is 6.92 Å². The molecule has 4 nitrogen and oxygen atoms in total. The molecule has 0 saturated heterocycles. The molecule has 6 heteroatoms. The standard InChI is InChI=1S/C19H19ClN2O2S/c1-14-6-7-15(20)10-18(14)21-19(23)13-22(11-16-4-2-8-24-16)12-17-5-3-9-25-17/h2-10H,11-13H2,1H3,(H,21,23). The number of thiophene rings is 1. The first kappa shape index (κ1) is 17.7. The normalized spacial score (nSPS) is 11.0. The zero-order chi connectivity index (χ0) is 17.6.